The third kappa shape index (κ3) is 3.25. The molecular formula is C16H30N4O. The van der Waals surface area contributed by atoms with Crippen molar-refractivity contribution in [2.24, 2.45) is 0 Å². The van der Waals surface area contributed by atoms with Gasteiger partial charge < -0.3 is 15.1 Å². The van der Waals surface area contributed by atoms with Gasteiger partial charge in [-0.15, -0.1) is 0 Å². The second-order valence-electron chi connectivity index (χ2n) is 6.98. The van der Waals surface area contributed by atoms with Crippen LogP contribution in [0.4, 0.5) is 0 Å². The number of hydrogen-bond donors (Lipinski definition) is 1. The Bertz CT molecular complexity index is 369. The lowest BCUT2D eigenvalue weighted by atomic mass is 9.96. The first-order valence-electron chi connectivity index (χ1n) is 8.62. The molecule has 3 rings (SSSR count). The van der Waals surface area contributed by atoms with E-state index in [1.54, 1.807) is 0 Å². The average molecular weight is 294 g/mol. The molecule has 3 unspecified atom stereocenters. The number of rotatable bonds is 2. The molecule has 5 nitrogen and oxygen atoms in total. The molecule has 1 amide bonds. The molecule has 3 aliphatic heterocycles. The fourth-order valence-corrected chi connectivity index (χ4v) is 4.15. The van der Waals surface area contributed by atoms with Gasteiger partial charge in [0.05, 0.1) is 6.04 Å². The van der Waals surface area contributed by atoms with Crippen LogP contribution in [0.25, 0.3) is 0 Å². The van der Waals surface area contributed by atoms with E-state index in [0.717, 1.165) is 45.7 Å². The number of piperazine rings is 1. The number of hydrogen-bond acceptors (Lipinski definition) is 4. The molecule has 3 heterocycles. The Hall–Kier alpha value is -0.650. The fourth-order valence-electron chi connectivity index (χ4n) is 4.15. The topological polar surface area (TPSA) is 38.8 Å². The van der Waals surface area contributed by atoms with Crippen LogP contribution < -0.4 is 5.32 Å². The summed E-state index contributed by atoms with van der Waals surface area (Å²) in [6.07, 6.45) is 4.67. The van der Waals surface area contributed by atoms with Crippen LogP contribution in [0.3, 0.4) is 0 Å². The third-order valence-electron chi connectivity index (χ3n) is 5.66. The number of nitrogens with one attached hydrogen (secondary N) is 1. The summed E-state index contributed by atoms with van der Waals surface area (Å²) in [7, 11) is 2.22. The van der Waals surface area contributed by atoms with Crippen molar-refractivity contribution >= 4 is 5.91 Å². The van der Waals surface area contributed by atoms with Crippen LogP contribution in [0, 0.1) is 0 Å². The minimum atomic E-state index is 0.156. The molecule has 3 fully saturated rings. The molecule has 0 aliphatic carbocycles. The van der Waals surface area contributed by atoms with E-state index in [1.165, 1.54) is 19.3 Å². The number of likely N-dealkylation sites (tertiary alicyclic amines) is 2. The van der Waals surface area contributed by atoms with Crippen molar-refractivity contribution in [1.29, 1.82) is 0 Å². The highest BCUT2D eigenvalue weighted by Crippen LogP contribution is 2.29. The van der Waals surface area contributed by atoms with Gasteiger partial charge in [-0.3, -0.25) is 9.69 Å². The van der Waals surface area contributed by atoms with E-state index in [9.17, 15) is 4.79 Å². The van der Waals surface area contributed by atoms with Gasteiger partial charge in [-0.1, -0.05) is 0 Å². The van der Waals surface area contributed by atoms with E-state index in [2.05, 4.69) is 34.0 Å². The lowest BCUT2D eigenvalue weighted by molar-refractivity contribution is -0.137. The predicted octanol–water partition coefficient (Wildman–Crippen LogP) is 0.365. The first-order chi connectivity index (χ1) is 10.2. The number of carbonyl (C=O) groups excluding carboxylic acids is 1. The first-order valence-corrected chi connectivity index (χ1v) is 8.62. The van der Waals surface area contributed by atoms with Crippen molar-refractivity contribution in [3.05, 3.63) is 0 Å². The van der Waals surface area contributed by atoms with E-state index in [1.807, 2.05) is 0 Å². The highest BCUT2D eigenvalue weighted by molar-refractivity contribution is 5.82. The summed E-state index contributed by atoms with van der Waals surface area (Å²) < 4.78 is 0. The Morgan fingerprint density at radius 2 is 1.86 bits per heavy atom. The van der Waals surface area contributed by atoms with Gasteiger partial charge in [-0.25, -0.2) is 0 Å². The fraction of sp³-hybridized carbons (Fsp3) is 0.938. The van der Waals surface area contributed by atoms with Crippen molar-refractivity contribution in [2.45, 2.75) is 50.7 Å². The summed E-state index contributed by atoms with van der Waals surface area (Å²) in [6.45, 7) is 8.25. The minimum absolute atomic E-state index is 0.156. The van der Waals surface area contributed by atoms with E-state index in [-0.39, 0.29) is 6.04 Å². The maximum absolute atomic E-state index is 12.8. The molecule has 0 saturated carbocycles. The van der Waals surface area contributed by atoms with Gasteiger partial charge in [0.25, 0.3) is 0 Å². The summed E-state index contributed by atoms with van der Waals surface area (Å²) in [5, 5.41) is 3.33. The largest absolute Gasteiger partial charge is 0.339 e. The molecule has 5 heteroatoms. The minimum Gasteiger partial charge on any atom is -0.339 e. The van der Waals surface area contributed by atoms with Crippen molar-refractivity contribution < 1.29 is 4.79 Å². The van der Waals surface area contributed by atoms with Gasteiger partial charge in [0, 0.05) is 38.3 Å². The summed E-state index contributed by atoms with van der Waals surface area (Å²) >= 11 is 0. The number of amides is 1. The van der Waals surface area contributed by atoms with Crippen LogP contribution in [0.15, 0.2) is 0 Å². The average Bonchev–Trinajstić information content (AvgIpc) is 2.99. The van der Waals surface area contributed by atoms with Crippen LogP contribution in [0.5, 0.6) is 0 Å². The Balaban J connectivity index is 1.63. The quantitative estimate of drug-likeness (QED) is 0.798. The van der Waals surface area contributed by atoms with Crippen LogP contribution in [-0.4, -0.2) is 85.0 Å². The van der Waals surface area contributed by atoms with E-state index < -0.39 is 0 Å². The van der Waals surface area contributed by atoms with Crippen molar-refractivity contribution in [1.82, 2.24) is 20.0 Å². The van der Waals surface area contributed by atoms with Gasteiger partial charge in [-0.05, 0) is 52.7 Å². The zero-order valence-electron chi connectivity index (χ0n) is 13.6. The molecule has 0 bridgehead atoms. The zero-order valence-corrected chi connectivity index (χ0v) is 13.6. The maximum atomic E-state index is 12.8. The zero-order chi connectivity index (χ0) is 14.8. The number of carbonyl (C=O) groups is 1. The Kier molecular flexibility index (Phi) is 4.82. The second-order valence-corrected chi connectivity index (χ2v) is 6.98. The highest BCUT2D eigenvalue weighted by atomic mass is 16.2. The number of nitrogens with zero attached hydrogens (tertiary/aromatic N) is 3. The lowest BCUT2D eigenvalue weighted by Gasteiger charge is -2.42. The van der Waals surface area contributed by atoms with E-state index in [0.29, 0.717) is 18.0 Å². The molecule has 3 atom stereocenters. The third-order valence-corrected chi connectivity index (χ3v) is 5.66. The molecule has 120 valence electrons. The monoisotopic (exact) mass is 294 g/mol. The van der Waals surface area contributed by atoms with Gasteiger partial charge >= 0.3 is 0 Å². The Morgan fingerprint density at radius 1 is 1.10 bits per heavy atom. The van der Waals surface area contributed by atoms with Gasteiger partial charge in [0.1, 0.15) is 0 Å². The molecule has 3 saturated heterocycles. The Morgan fingerprint density at radius 3 is 2.57 bits per heavy atom. The number of piperidine rings is 1. The summed E-state index contributed by atoms with van der Waals surface area (Å²) in [5.41, 5.74) is 0. The normalized spacial score (nSPS) is 36.1. The van der Waals surface area contributed by atoms with E-state index in [4.69, 9.17) is 0 Å². The predicted molar refractivity (Wildman–Crippen MR) is 84.3 cm³/mol. The molecule has 0 aromatic heterocycles. The van der Waals surface area contributed by atoms with Gasteiger partial charge in [0.15, 0.2) is 0 Å². The molecule has 21 heavy (non-hydrogen) atoms. The van der Waals surface area contributed by atoms with Crippen LogP contribution in [0.1, 0.15) is 32.6 Å². The van der Waals surface area contributed by atoms with Crippen LogP contribution >= 0.6 is 0 Å². The molecule has 0 radical (unpaired) electrons. The standard InChI is InChI=1S/C16H30N4O/c1-13-12-14(5-9-18(13)2)20-8-3-4-15(20)16(21)19-10-6-17-7-11-19/h13-15,17H,3-12H2,1-2H3. The van der Waals surface area contributed by atoms with Gasteiger partial charge in [-0.2, -0.15) is 0 Å². The van der Waals surface area contributed by atoms with Crippen LogP contribution in [-0.2, 0) is 4.79 Å². The molecule has 3 aliphatic rings. The second kappa shape index (κ2) is 6.63. The summed E-state index contributed by atoms with van der Waals surface area (Å²) in [6, 6.07) is 1.40. The molecular weight excluding hydrogens is 264 g/mol. The molecule has 1 N–H and O–H groups in total. The molecule has 0 spiro atoms. The van der Waals surface area contributed by atoms with Gasteiger partial charge in [0.2, 0.25) is 5.91 Å². The summed E-state index contributed by atoms with van der Waals surface area (Å²) in [4.78, 5) is 19.9. The van der Waals surface area contributed by atoms with Crippen LogP contribution in [0.2, 0.25) is 0 Å². The Labute approximate surface area is 128 Å². The van der Waals surface area contributed by atoms with Crippen molar-refractivity contribution in [2.75, 3.05) is 46.3 Å². The van der Waals surface area contributed by atoms with Crippen molar-refractivity contribution in [3.8, 4) is 0 Å². The molecule has 0 aromatic carbocycles. The van der Waals surface area contributed by atoms with E-state index >= 15 is 0 Å². The SMILES string of the molecule is CC1CC(N2CCCC2C(=O)N2CCNCC2)CCN1C. The lowest BCUT2D eigenvalue weighted by Crippen LogP contribution is -2.56. The summed E-state index contributed by atoms with van der Waals surface area (Å²) in [5.74, 6) is 0.389. The first kappa shape index (κ1) is 15.3. The maximum Gasteiger partial charge on any atom is 0.240 e. The smallest absolute Gasteiger partial charge is 0.240 e. The molecule has 0 aromatic rings. The van der Waals surface area contributed by atoms with Crippen molar-refractivity contribution in [3.63, 3.8) is 0 Å². The highest BCUT2D eigenvalue weighted by Gasteiger charge is 2.39.